The number of benzene rings is 2. The van der Waals surface area contributed by atoms with Crippen molar-refractivity contribution in [2.24, 2.45) is 5.92 Å². The van der Waals surface area contributed by atoms with Gasteiger partial charge < -0.3 is 15.4 Å². The minimum atomic E-state index is 0.606. The lowest BCUT2D eigenvalue weighted by atomic mass is 9.92. The van der Waals surface area contributed by atoms with Gasteiger partial charge in [-0.05, 0) is 92.3 Å². The van der Waals surface area contributed by atoms with Gasteiger partial charge in [-0.15, -0.1) is 11.3 Å². The Morgan fingerprint density at radius 3 is 2.53 bits per heavy atom. The van der Waals surface area contributed by atoms with Gasteiger partial charge in [0.25, 0.3) is 0 Å². The summed E-state index contributed by atoms with van der Waals surface area (Å²) in [5.41, 5.74) is 5.40. The molecule has 0 fully saturated rings. The Bertz CT molecular complexity index is 1100. The summed E-state index contributed by atoms with van der Waals surface area (Å²) in [6.45, 7) is 8.36. The first kappa shape index (κ1) is 25.3. The third-order valence-electron chi connectivity index (χ3n) is 5.65. The third-order valence-corrected chi connectivity index (χ3v) is 6.44. The average molecular weight is 475 g/mol. The number of carbonyl (C=O) groups excluding carboxylic acids is 1. The summed E-state index contributed by atoms with van der Waals surface area (Å²) in [4.78, 5) is 10.7. The van der Waals surface area contributed by atoms with Gasteiger partial charge in [-0.3, -0.25) is 4.79 Å². The lowest BCUT2D eigenvalue weighted by molar-refractivity contribution is 0.112. The van der Waals surface area contributed by atoms with Crippen LogP contribution in [0.25, 0.3) is 0 Å². The molecule has 0 radical (unpaired) electrons. The van der Waals surface area contributed by atoms with Crippen LogP contribution in [0.3, 0.4) is 0 Å². The molecule has 0 saturated heterocycles. The molecule has 0 spiro atoms. The standard InChI is InChI=1S/C24H30N2O.C5H4OS/c1-17-13-22(25-4)14-18(2)24(17)27-23-12-8-11-21(16-23)26-19(3)15-20-9-6-5-7-10-20;6-4-5-2-1-3-7-5/h6,8-9,11-14,16,20,25-26H,3,5,7,10,15H2,1-2,4H3;1-4H. The minimum absolute atomic E-state index is 0.606. The Morgan fingerprint density at radius 2 is 1.94 bits per heavy atom. The van der Waals surface area contributed by atoms with E-state index in [1.807, 2.05) is 36.7 Å². The molecular weight excluding hydrogens is 440 g/mol. The predicted molar refractivity (Wildman–Crippen MR) is 146 cm³/mol. The number of aryl methyl sites for hydroxylation is 2. The number of nitrogens with one attached hydrogen (secondary N) is 2. The zero-order valence-corrected chi connectivity index (χ0v) is 21.1. The quantitative estimate of drug-likeness (QED) is 0.254. The van der Waals surface area contributed by atoms with E-state index in [-0.39, 0.29) is 0 Å². The molecule has 1 aromatic heterocycles. The second-order valence-corrected chi connectivity index (χ2v) is 9.48. The van der Waals surface area contributed by atoms with Gasteiger partial charge in [-0.2, -0.15) is 0 Å². The smallest absolute Gasteiger partial charge is 0.159 e. The second-order valence-electron chi connectivity index (χ2n) is 8.50. The van der Waals surface area contributed by atoms with E-state index in [0.29, 0.717) is 5.92 Å². The van der Waals surface area contributed by atoms with Crippen molar-refractivity contribution >= 4 is 29.0 Å². The van der Waals surface area contributed by atoms with Gasteiger partial charge in [0.15, 0.2) is 6.29 Å². The highest BCUT2D eigenvalue weighted by Crippen LogP contribution is 2.33. The van der Waals surface area contributed by atoms with E-state index >= 15 is 0 Å². The Labute approximate surface area is 207 Å². The number of aldehydes is 1. The SMILES string of the molecule is C=C(CC1C=CCCC1)Nc1cccc(Oc2c(C)cc(NC)cc2C)c1.O=Cc1cccs1. The Kier molecular flexibility index (Phi) is 9.53. The van der Waals surface area contributed by atoms with E-state index in [1.54, 1.807) is 6.07 Å². The molecule has 1 aliphatic rings. The van der Waals surface area contributed by atoms with E-state index in [1.165, 1.54) is 30.6 Å². The normalized spacial score (nSPS) is 14.5. The molecule has 1 aliphatic carbocycles. The van der Waals surface area contributed by atoms with E-state index < -0.39 is 0 Å². The van der Waals surface area contributed by atoms with Crippen molar-refractivity contribution in [1.82, 2.24) is 0 Å². The van der Waals surface area contributed by atoms with E-state index in [2.05, 4.69) is 61.4 Å². The Morgan fingerprint density at radius 1 is 1.15 bits per heavy atom. The van der Waals surface area contributed by atoms with Crippen LogP contribution < -0.4 is 15.4 Å². The van der Waals surface area contributed by atoms with Crippen LogP contribution >= 0.6 is 11.3 Å². The molecule has 0 bridgehead atoms. The summed E-state index contributed by atoms with van der Waals surface area (Å²) >= 11 is 1.45. The first-order chi connectivity index (χ1) is 16.5. The van der Waals surface area contributed by atoms with Gasteiger partial charge in [0, 0.05) is 30.2 Å². The topological polar surface area (TPSA) is 50.4 Å². The van der Waals surface area contributed by atoms with Crippen LogP contribution in [0.15, 0.2) is 78.3 Å². The van der Waals surface area contributed by atoms with Crippen LogP contribution in [0.2, 0.25) is 0 Å². The maximum absolute atomic E-state index is 9.88. The molecule has 1 heterocycles. The van der Waals surface area contributed by atoms with Crippen molar-refractivity contribution in [1.29, 1.82) is 0 Å². The summed E-state index contributed by atoms with van der Waals surface area (Å²) in [6.07, 6.45) is 10.2. The van der Waals surface area contributed by atoms with Gasteiger partial charge in [-0.25, -0.2) is 0 Å². The molecule has 1 unspecified atom stereocenters. The summed E-state index contributed by atoms with van der Waals surface area (Å²) < 4.78 is 6.20. The monoisotopic (exact) mass is 474 g/mol. The highest BCUT2D eigenvalue weighted by molar-refractivity contribution is 7.11. The first-order valence-corrected chi connectivity index (χ1v) is 12.5. The molecule has 0 aliphatic heterocycles. The van der Waals surface area contributed by atoms with Crippen molar-refractivity contribution in [2.75, 3.05) is 17.7 Å². The third kappa shape index (κ3) is 7.63. The molecule has 2 aromatic carbocycles. The van der Waals surface area contributed by atoms with Crippen LogP contribution in [0.5, 0.6) is 11.5 Å². The summed E-state index contributed by atoms with van der Waals surface area (Å²) in [6, 6.07) is 15.9. The van der Waals surface area contributed by atoms with Gasteiger partial charge in [0.2, 0.25) is 0 Å². The molecule has 3 aromatic rings. The average Bonchev–Trinajstić information content (AvgIpc) is 3.37. The van der Waals surface area contributed by atoms with Crippen LogP contribution in [0, 0.1) is 19.8 Å². The molecule has 1 atom stereocenters. The van der Waals surface area contributed by atoms with Crippen LogP contribution in [-0.4, -0.2) is 13.3 Å². The van der Waals surface area contributed by atoms with Crippen molar-refractivity contribution in [3.63, 3.8) is 0 Å². The van der Waals surface area contributed by atoms with Gasteiger partial charge >= 0.3 is 0 Å². The minimum Gasteiger partial charge on any atom is -0.457 e. The number of carbonyl (C=O) groups is 1. The van der Waals surface area contributed by atoms with Crippen LogP contribution in [0.1, 0.15) is 46.5 Å². The molecule has 2 N–H and O–H groups in total. The zero-order valence-electron chi connectivity index (χ0n) is 20.3. The first-order valence-electron chi connectivity index (χ1n) is 11.7. The summed E-state index contributed by atoms with van der Waals surface area (Å²) in [7, 11) is 1.93. The largest absolute Gasteiger partial charge is 0.457 e. The fraction of sp³-hybridized carbons (Fsp3) is 0.276. The van der Waals surface area contributed by atoms with Crippen molar-refractivity contribution in [2.45, 2.75) is 39.5 Å². The summed E-state index contributed by atoms with van der Waals surface area (Å²) in [5.74, 6) is 2.35. The number of ether oxygens (including phenoxy) is 1. The lowest BCUT2D eigenvalue weighted by Crippen LogP contribution is -2.07. The number of thiophene rings is 1. The molecule has 4 rings (SSSR count). The van der Waals surface area contributed by atoms with Crippen molar-refractivity contribution < 1.29 is 9.53 Å². The highest BCUT2D eigenvalue weighted by atomic mass is 32.1. The Balaban J connectivity index is 0.000000396. The fourth-order valence-electron chi connectivity index (χ4n) is 3.99. The number of allylic oxidation sites excluding steroid dienone is 3. The molecule has 34 heavy (non-hydrogen) atoms. The van der Waals surface area contributed by atoms with Gasteiger partial charge in [0.1, 0.15) is 11.5 Å². The number of hydrogen-bond acceptors (Lipinski definition) is 5. The van der Waals surface area contributed by atoms with Crippen molar-refractivity contribution in [3.8, 4) is 11.5 Å². The fourth-order valence-corrected chi connectivity index (χ4v) is 4.52. The number of hydrogen-bond donors (Lipinski definition) is 2. The Hall–Kier alpha value is -3.31. The molecule has 0 saturated carbocycles. The van der Waals surface area contributed by atoms with Gasteiger partial charge in [-0.1, -0.05) is 30.9 Å². The lowest BCUT2D eigenvalue weighted by Gasteiger charge is -2.19. The molecule has 0 amide bonds. The number of anilines is 2. The van der Waals surface area contributed by atoms with E-state index in [0.717, 1.165) is 57.3 Å². The second kappa shape index (κ2) is 12.8. The number of rotatable bonds is 8. The van der Waals surface area contributed by atoms with E-state index in [9.17, 15) is 4.79 Å². The zero-order chi connectivity index (χ0) is 24.3. The predicted octanol–water partition coefficient (Wildman–Crippen LogP) is 8.37. The van der Waals surface area contributed by atoms with Crippen molar-refractivity contribution in [3.05, 3.63) is 94.3 Å². The highest BCUT2D eigenvalue weighted by Gasteiger charge is 2.11. The van der Waals surface area contributed by atoms with E-state index in [4.69, 9.17) is 4.74 Å². The van der Waals surface area contributed by atoms with Gasteiger partial charge in [0.05, 0.1) is 4.88 Å². The molecule has 4 nitrogen and oxygen atoms in total. The summed E-state index contributed by atoms with van der Waals surface area (Å²) in [5, 5.41) is 8.51. The van der Waals surface area contributed by atoms with Crippen LogP contribution in [0.4, 0.5) is 11.4 Å². The maximum atomic E-state index is 9.88. The van der Waals surface area contributed by atoms with Crippen LogP contribution in [-0.2, 0) is 0 Å². The molecule has 5 heteroatoms. The molecular formula is C29H34N2O2S. The maximum Gasteiger partial charge on any atom is 0.159 e. The molecule has 178 valence electrons.